The van der Waals surface area contributed by atoms with Crippen LogP contribution >= 0.6 is 12.4 Å². The lowest BCUT2D eigenvalue weighted by molar-refractivity contribution is -0.121. The van der Waals surface area contributed by atoms with Crippen LogP contribution in [-0.4, -0.2) is 38.8 Å². The van der Waals surface area contributed by atoms with Crippen LogP contribution in [0.2, 0.25) is 0 Å². The second kappa shape index (κ2) is 8.95. The van der Waals surface area contributed by atoms with Gasteiger partial charge in [0.2, 0.25) is 5.91 Å². The average molecular weight is 237 g/mol. The highest BCUT2D eigenvalue weighted by Gasteiger charge is 2.14. The Labute approximate surface area is 97.5 Å². The molecule has 1 saturated heterocycles. The molecule has 15 heavy (non-hydrogen) atoms. The monoisotopic (exact) mass is 236 g/mol. The van der Waals surface area contributed by atoms with Gasteiger partial charge in [0.05, 0.1) is 0 Å². The standard InChI is InChI=1S/C10H20N2O2.ClH/c1-14-7-3-5-10(13)12-8-9-4-2-6-11-9;/h9,11H,2-8H2,1H3,(H,12,13);1H. The largest absolute Gasteiger partial charge is 0.385 e. The summed E-state index contributed by atoms with van der Waals surface area (Å²) in [5.74, 6) is 0.135. The maximum Gasteiger partial charge on any atom is 0.220 e. The normalized spacial score (nSPS) is 19.7. The number of amides is 1. The molecule has 1 amide bonds. The first-order valence-corrected chi connectivity index (χ1v) is 5.32. The summed E-state index contributed by atoms with van der Waals surface area (Å²) in [4.78, 5) is 11.3. The van der Waals surface area contributed by atoms with Gasteiger partial charge < -0.3 is 15.4 Å². The highest BCUT2D eigenvalue weighted by atomic mass is 35.5. The van der Waals surface area contributed by atoms with Crippen LogP contribution in [0.25, 0.3) is 0 Å². The molecule has 0 radical (unpaired) electrons. The highest BCUT2D eigenvalue weighted by molar-refractivity contribution is 5.85. The van der Waals surface area contributed by atoms with Crippen LogP contribution in [0.4, 0.5) is 0 Å². The van der Waals surface area contributed by atoms with Crippen molar-refractivity contribution in [1.82, 2.24) is 10.6 Å². The van der Waals surface area contributed by atoms with E-state index in [-0.39, 0.29) is 18.3 Å². The molecule has 1 fully saturated rings. The summed E-state index contributed by atoms with van der Waals surface area (Å²) in [5.41, 5.74) is 0. The third-order valence-corrected chi connectivity index (χ3v) is 2.46. The van der Waals surface area contributed by atoms with E-state index in [1.807, 2.05) is 0 Å². The minimum atomic E-state index is 0. The number of carbonyl (C=O) groups excluding carboxylic acids is 1. The van der Waals surface area contributed by atoms with Gasteiger partial charge in [-0.1, -0.05) is 0 Å². The van der Waals surface area contributed by atoms with Gasteiger partial charge in [0.1, 0.15) is 0 Å². The van der Waals surface area contributed by atoms with Crippen molar-refractivity contribution in [2.75, 3.05) is 26.8 Å². The van der Waals surface area contributed by atoms with E-state index in [0.717, 1.165) is 19.5 Å². The van der Waals surface area contributed by atoms with E-state index >= 15 is 0 Å². The average Bonchev–Trinajstić information content (AvgIpc) is 2.68. The van der Waals surface area contributed by atoms with Gasteiger partial charge in [0, 0.05) is 32.7 Å². The van der Waals surface area contributed by atoms with Crippen molar-refractivity contribution < 1.29 is 9.53 Å². The molecule has 90 valence electrons. The van der Waals surface area contributed by atoms with Gasteiger partial charge in [-0.2, -0.15) is 0 Å². The molecule has 0 aromatic heterocycles. The molecule has 4 nitrogen and oxygen atoms in total. The first kappa shape index (κ1) is 14.7. The smallest absolute Gasteiger partial charge is 0.220 e. The molecule has 0 aromatic rings. The van der Waals surface area contributed by atoms with Crippen LogP contribution in [0.5, 0.6) is 0 Å². The Morgan fingerprint density at radius 1 is 1.60 bits per heavy atom. The molecule has 1 rings (SSSR count). The molecule has 0 saturated carbocycles. The quantitative estimate of drug-likeness (QED) is 0.668. The number of hydrogen-bond donors (Lipinski definition) is 2. The van der Waals surface area contributed by atoms with Crippen LogP contribution in [0.15, 0.2) is 0 Å². The van der Waals surface area contributed by atoms with Crippen LogP contribution in [0, 0.1) is 0 Å². The number of ether oxygens (including phenoxy) is 1. The van der Waals surface area contributed by atoms with Crippen LogP contribution in [-0.2, 0) is 9.53 Å². The molecular formula is C10H21ClN2O2. The van der Waals surface area contributed by atoms with E-state index in [1.54, 1.807) is 7.11 Å². The van der Waals surface area contributed by atoms with Crippen molar-refractivity contribution in [3.63, 3.8) is 0 Å². The van der Waals surface area contributed by atoms with Crippen molar-refractivity contribution in [1.29, 1.82) is 0 Å². The van der Waals surface area contributed by atoms with Crippen molar-refractivity contribution >= 4 is 18.3 Å². The number of rotatable bonds is 6. The van der Waals surface area contributed by atoms with Crippen LogP contribution in [0.3, 0.4) is 0 Å². The summed E-state index contributed by atoms with van der Waals surface area (Å²) < 4.78 is 4.88. The molecule has 0 bridgehead atoms. The molecule has 1 unspecified atom stereocenters. The first-order valence-electron chi connectivity index (χ1n) is 5.32. The van der Waals surface area contributed by atoms with E-state index < -0.39 is 0 Å². The fourth-order valence-electron chi connectivity index (χ4n) is 1.63. The molecule has 0 spiro atoms. The van der Waals surface area contributed by atoms with Gasteiger partial charge in [-0.3, -0.25) is 4.79 Å². The minimum Gasteiger partial charge on any atom is -0.385 e. The summed E-state index contributed by atoms with van der Waals surface area (Å²) >= 11 is 0. The second-order valence-corrected chi connectivity index (χ2v) is 3.69. The second-order valence-electron chi connectivity index (χ2n) is 3.69. The number of carbonyl (C=O) groups is 1. The van der Waals surface area contributed by atoms with E-state index in [9.17, 15) is 4.79 Å². The lowest BCUT2D eigenvalue weighted by atomic mass is 10.2. The molecule has 1 heterocycles. The van der Waals surface area contributed by atoms with Gasteiger partial charge in [-0.05, 0) is 25.8 Å². The lowest BCUT2D eigenvalue weighted by Crippen LogP contribution is -2.37. The van der Waals surface area contributed by atoms with Crippen LogP contribution in [0.1, 0.15) is 25.7 Å². The van der Waals surface area contributed by atoms with Gasteiger partial charge in [-0.15, -0.1) is 12.4 Å². The molecule has 1 atom stereocenters. The van der Waals surface area contributed by atoms with Crippen molar-refractivity contribution in [2.45, 2.75) is 31.7 Å². The fourth-order valence-corrected chi connectivity index (χ4v) is 1.63. The Kier molecular flexibility index (Phi) is 8.76. The molecule has 1 aliphatic rings. The molecule has 0 aliphatic carbocycles. The van der Waals surface area contributed by atoms with E-state index in [4.69, 9.17) is 4.74 Å². The lowest BCUT2D eigenvalue weighted by Gasteiger charge is -2.11. The van der Waals surface area contributed by atoms with Gasteiger partial charge in [0.15, 0.2) is 0 Å². The molecule has 2 N–H and O–H groups in total. The van der Waals surface area contributed by atoms with E-state index in [0.29, 0.717) is 19.1 Å². The van der Waals surface area contributed by atoms with Gasteiger partial charge in [-0.25, -0.2) is 0 Å². The maximum absolute atomic E-state index is 11.3. The van der Waals surface area contributed by atoms with Crippen molar-refractivity contribution in [3.05, 3.63) is 0 Å². The summed E-state index contributed by atoms with van der Waals surface area (Å²) in [7, 11) is 1.65. The summed E-state index contributed by atoms with van der Waals surface area (Å²) in [6.45, 7) is 2.52. The number of nitrogens with one attached hydrogen (secondary N) is 2. The SMILES string of the molecule is COCCCC(=O)NCC1CCCN1.Cl. The maximum atomic E-state index is 11.3. The topological polar surface area (TPSA) is 50.4 Å². The zero-order valence-electron chi connectivity index (χ0n) is 9.25. The fraction of sp³-hybridized carbons (Fsp3) is 0.900. The minimum absolute atomic E-state index is 0. The van der Waals surface area contributed by atoms with Gasteiger partial charge >= 0.3 is 0 Å². The summed E-state index contributed by atoms with van der Waals surface area (Å²) in [6, 6.07) is 0.487. The Bertz CT molecular complexity index is 173. The predicted molar refractivity (Wildman–Crippen MR) is 62.4 cm³/mol. The van der Waals surface area contributed by atoms with Crippen LogP contribution < -0.4 is 10.6 Å². The number of halogens is 1. The van der Waals surface area contributed by atoms with Crippen molar-refractivity contribution in [3.8, 4) is 0 Å². The zero-order valence-corrected chi connectivity index (χ0v) is 10.1. The molecule has 5 heteroatoms. The Balaban J connectivity index is 0.00000196. The van der Waals surface area contributed by atoms with E-state index in [2.05, 4.69) is 10.6 Å². The van der Waals surface area contributed by atoms with Crippen molar-refractivity contribution in [2.24, 2.45) is 0 Å². The first-order chi connectivity index (χ1) is 6.83. The molecule has 0 aromatic carbocycles. The molecular weight excluding hydrogens is 216 g/mol. The number of hydrogen-bond acceptors (Lipinski definition) is 3. The summed E-state index contributed by atoms with van der Waals surface area (Å²) in [6.07, 6.45) is 3.78. The van der Waals surface area contributed by atoms with E-state index in [1.165, 1.54) is 12.8 Å². The summed E-state index contributed by atoms with van der Waals surface area (Å²) in [5, 5.41) is 6.27. The highest BCUT2D eigenvalue weighted by Crippen LogP contribution is 2.03. The molecule has 1 aliphatic heterocycles. The predicted octanol–water partition coefficient (Wildman–Crippen LogP) is 0.703. The zero-order chi connectivity index (χ0) is 10.2. The third-order valence-electron chi connectivity index (χ3n) is 2.46. The number of methoxy groups -OCH3 is 1. The Morgan fingerprint density at radius 3 is 3.00 bits per heavy atom. The third kappa shape index (κ3) is 6.71. The van der Waals surface area contributed by atoms with Gasteiger partial charge in [0.25, 0.3) is 0 Å². The Hall–Kier alpha value is -0.320. The Morgan fingerprint density at radius 2 is 2.40 bits per heavy atom.